The Hall–Kier alpha value is -8.20. The molecule has 2 aromatic heterocycles. The summed E-state index contributed by atoms with van der Waals surface area (Å²) >= 11 is 0. The molecule has 2 heterocycles. The molecule has 0 aliphatic heterocycles. The van der Waals surface area contributed by atoms with E-state index in [1.165, 1.54) is 104 Å². The van der Waals surface area contributed by atoms with E-state index < -0.39 is 0 Å². The van der Waals surface area contributed by atoms with Gasteiger partial charge in [-0.25, -0.2) is 0 Å². The molecule has 0 bridgehead atoms. The van der Waals surface area contributed by atoms with E-state index in [4.69, 9.17) is 11.0 Å². The monoisotopic (exact) mass is 925 g/mol. The Morgan fingerprint density at radius 1 is 0.597 bits per heavy atom. The number of furan rings is 1. The molecule has 1 spiro atoms. The first-order valence-electron chi connectivity index (χ1n) is 25.9. The third-order valence-corrected chi connectivity index (χ3v) is 17.0. The van der Waals surface area contributed by atoms with Crippen molar-refractivity contribution < 1.29 is 4.42 Å². The van der Waals surface area contributed by atoms with Gasteiger partial charge in [0, 0.05) is 50.7 Å². The van der Waals surface area contributed by atoms with Gasteiger partial charge >= 0.3 is 0 Å². The summed E-state index contributed by atoms with van der Waals surface area (Å²) in [5, 5.41) is 6.23. The largest absolute Gasteiger partial charge is 0.459 e. The van der Waals surface area contributed by atoms with Gasteiger partial charge in [0.15, 0.2) is 0 Å². The van der Waals surface area contributed by atoms with Crippen LogP contribution in [0, 0.1) is 23.2 Å². The molecule has 8 aromatic carbocycles. The van der Waals surface area contributed by atoms with Crippen molar-refractivity contribution in [1.82, 2.24) is 4.57 Å². The van der Waals surface area contributed by atoms with Crippen LogP contribution in [0.1, 0.15) is 66.7 Å². The van der Waals surface area contributed by atoms with Crippen molar-refractivity contribution in [2.24, 2.45) is 23.2 Å². The van der Waals surface area contributed by atoms with Gasteiger partial charge in [-0.05, 0) is 157 Å². The van der Waals surface area contributed by atoms with Gasteiger partial charge in [0.1, 0.15) is 11.3 Å². The van der Waals surface area contributed by atoms with Gasteiger partial charge in [-0.1, -0.05) is 184 Å². The zero-order chi connectivity index (χ0) is 48.2. The normalized spacial score (nSPS) is 21.2. The highest BCUT2D eigenvalue weighted by atomic mass is 16.3. The molecular formula is C70H55NO. The molecule has 2 heteroatoms. The average Bonchev–Trinajstić information content (AvgIpc) is 3.73. The number of benzene rings is 8. The zero-order valence-electron chi connectivity index (χ0n) is 41.1. The molecule has 14 rings (SSSR count). The number of para-hydroxylation sites is 1. The maximum Gasteiger partial charge on any atom is 0.142 e. The first kappa shape index (κ1) is 42.7. The van der Waals surface area contributed by atoms with Crippen molar-refractivity contribution in [3.8, 4) is 27.9 Å². The van der Waals surface area contributed by atoms with Gasteiger partial charge in [0.05, 0.1) is 11.0 Å². The SMILES string of the molecule is C=C1C(c2ccccc2)=c2cc(-c3ccc(-n4c5ccccc5c5cc(-c6cc(C7C=CC(C)C7C)cc7c8c(oc67)CC(c6ccccc6)=C8)ccc54)cc3)ccc2=C(c2ccccc2)C12CC2/C=C\C. The minimum Gasteiger partial charge on any atom is -0.459 e. The molecule has 2 nitrogen and oxygen atoms in total. The van der Waals surface area contributed by atoms with Gasteiger partial charge < -0.3 is 8.98 Å². The number of hydrogen-bond donors (Lipinski definition) is 0. The molecule has 1 fully saturated rings. The second-order valence-corrected chi connectivity index (χ2v) is 20.9. The van der Waals surface area contributed by atoms with Gasteiger partial charge in [0.2, 0.25) is 0 Å². The fourth-order valence-corrected chi connectivity index (χ4v) is 13.1. The van der Waals surface area contributed by atoms with Gasteiger partial charge in [-0.3, -0.25) is 0 Å². The quantitative estimate of drug-likeness (QED) is 0.139. The fourth-order valence-electron chi connectivity index (χ4n) is 13.1. The molecule has 4 aliphatic carbocycles. The summed E-state index contributed by atoms with van der Waals surface area (Å²) in [5.74, 6) is 2.87. The molecule has 5 atom stereocenters. The average molecular weight is 926 g/mol. The minimum absolute atomic E-state index is 0.136. The first-order valence-corrected chi connectivity index (χ1v) is 25.9. The summed E-state index contributed by atoms with van der Waals surface area (Å²) in [5.41, 5.74) is 20.6. The smallest absolute Gasteiger partial charge is 0.142 e. The van der Waals surface area contributed by atoms with Crippen LogP contribution in [-0.2, 0) is 6.42 Å². The van der Waals surface area contributed by atoms with Crippen molar-refractivity contribution >= 4 is 55.6 Å². The van der Waals surface area contributed by atoms with E-state index in [9.17, 15) is 0 Å². The molecule has 0 N–H and O–H groups in total. The van der Waals surface area contributed by atoms with E-state index in [0.717, 1.165) is 35.4 Å². The summed E-state index contributed by atoms with van der Waals surface area (Å²) < 4.78 is 9.40. The molecule has 0 amide bonds. The van der Waals surface area contributed by atoms with Crippen LogP contribution in [-0.4, -0.2) is 4.57 Å². The van der Waals surface area contributed by atoms with Crippen LogP contribution < -0.4 is 10.4 Å². The number of allylic oxidation sites excluding steroid dienone is 6. The van der Waals surface area contributed by atoms with Crippen molar-refractivity contribution in [3.63, 3.8) is 0 Å². The molecule has 4 aliphatic rings. The summed E-state index contributed by atoms with van der Waals surface area (Å²) in [6, 6.07) is 69.8. The maximum absolute atomic E-state index is 6.97. The van der Waals surface area contributed by atoms with Crippen molar-refractivity contribution in [3.05, 3.63) is 269 Å². The lowest BCUT2D eigenvalue weighted by molar-refractivity contribution is 0.453. The number of aromatic nitrogens is 1. The molecular weight excluding hydrogens is 871 g/mol. The van der Waals surface area contributed by atoms with Crippen LogP contribution in [0.5, 0.6) is 0 Å². The van der Waals surface area contributed by atoms with Gasteiger partial charge in [0.25, 0.3) is 0 Å². The van der Waals surface area contributed by atoms with Crippen LogP contribution in [0.2, 0.25) is 0 Å². The Balaban J connectivity index is 0.890. The Labute approximate surface area is 421 Å². The summed E-state index contributed by atoms with van der Waals surface area (Å²) in [6.45, 7) is 11.8. The third kappa shape index (κ3) is 6.48. The van der Waals surface area contributed by atoms with Crippen LogP contribution in [0.3, 0.4) is 0 Å². The van der Waals surface area contributed by atoms with E-state index in [0.29, 0.717) is 23.7 Å². The standard InChI is InChI=1S/C70H55NO/c1-5-17-54-42-70(54)45(4)67(48-20-11-7-12-21-48)62-36-50(29-34-58(62)68(70)49-22-13-8-14-23-49)47-27-31-55(32-28-47)71-64-25-16-15-24-57(64)60-37-51(30-35-65(60)71)59-39-53(56-33-26-43(2)44(56)3)40-63-61-38-52(41-66(61)72-69(59)63)46-18-9-6-10-19-46/h5-40,43-44,54,56H,4,41-42H2,1-3H3/b17-5-. The lowest BCUT2D eigenvalue weighted by atomic mass is 9.72. The first-order chi connectivity index (χ1) is 35.4. The maximum atomic E-state index is 6.97. The summed E-state index contributed by atoms with van der Waals surface area (Å²) in [6.07, 6.45) is 13.7. The van der Waals surface area contributed by atoms with Crippen molar-refractivity contribution in [2.75, 3.05) is 0 Å². The summed E-state index contributed by atoms with van der Waals surface area (Å²) in [7, 11) is 0. The molecule has 5 unspecified atom stereocenters. The Kier molecular flexibility index (Phi) is 9.74. The topological polar surface area (TPSA) is 18.1 Å². The van der Waals surface area contributed by atoms with E-state index in [1.807, 2.05) is 0 Å². The van der Waals surface area contributed by atoms with Crippen molar-refractivity contribution in [1.29, 1.82) is 0 Å². The zero-order valence-corrected chi connectivity index (χ0v) is 41.1. The Bertz CT molecular complexity index is 4090. The van der Waals surface area contributed by atoms with Gasteiger partial charge in [-0.2, -0.15) is 0 Å². The number of fused-ring (bicyclic) bond motifs is 7. The van der Waals surface area contributed by atoms with E-state index >= 15 is 0 Å². The van der Waals surface area contributed by atoms with Gasteiger partial charge in [-0.15, -0.1) is 0 Å². The van der Waals surface area contributed by atoms with E-state index in [1.54, 1.807) is 0 Å². The number of hydrogen-bond acceptors (Lipinski definition) is 1. The molecule has 346 valence electrons. The van der Waals surface area contributed by atoms with Crippen LogP contribution in [0.15, 0.2) is 229 Å². The predicted octanol–water partition coefficient (Wildman–Crippen LogP) is 16.4. The van der Waals surface area contributed by atoms with E-state index in [-0.39, 0.29) is 5.41 Å². The lowest BCUT2D eigenvalue weighted by Crippen LogP contribution is -2.39. The third-order valence-electron chi connectivity index (χ3n) is 17.0. The highest BCUT2D eigenvalue weighted by molar-refractivity contribution is 6.12. The number of nitrogens with zero attached hydrogens (tertiary/aromatic N) is 1. The molecule has 0 radical (unpaired) electrons. The molecule has 10 aromatic rings. The van der Waals surface area contributed by atoms with Crippen LogP contribution in [0.25, 0.3) is 83.5 Å². The fraction of sp³-hybridized carbons (Fsp3) is 0.143. The second-order valence-electron chi connectivity index (χ2n) is 20.9. The summed E-state index contributed by atoms with van der Waals surface area (Å²) in [4.78, 5) is 0. The predicted molar refractivity (Wildman–Crippen MR) is 301 cm³/mol. The van der Waals surface area contributed by atoms with Crippen LogP contribution >= 0.6 is 0 Å². The highest BCUT2D eigenvalue weighted by Gasteiger charge is 2.59. The molecule has 72 heavy (non-hydrogen) atoms. The van der Waals surface area contributed by atoms with Crippen molar-refractivity contribution in [2.45, 2.75) is 39.5 Å². The highest BCUT2D eigenvalue weighted by Crippen LogP contribution is 2.67. The second kappa shape index (κ2) is 16.4. The minimum atomic E-state index is -0.136. The van der Waals surface area contributed by atoms with Crippen LogP contribution in [0.4, 0.5) is 0 Å². The molecule has 1 saturated carbocycles. The Morgan fingerprint density at radius 3 is 2.01 bits per heavy atom. The lowest BCUT2D eigenvalue weighted by Gasteiger charge is -2.31. The van der Waals surface area contributed by atoms with E-state index in [2.05, 4.69) is 244 Å². The number of rotatable bonds is 8. The Morgan fingerprint density at radius 2 is 1.28 bits per heavy atom. The molecule has 0 saturated heterocycles.